The Hall–Kier alpha value is -3.31. The highest BCUT2D eigenvalue weighted by molar-refractivity contribution is 8.04. The Labute approximate surface area is 193 Å². The van der Waals surface area contributed by atoms with Crippen molar-refractivity contribution >= 4 is 35.0 Å². The van der Waals surface area contributed by atoms with E-state index < -0.39 is 0 Å². The predicted molar refractivity (Wildman–Crippen MR) is 132 cm³/mol. The van der Waals surface area contributed by atoms with E-state index in [0.29, 0.717) is 16.3 Å². The van der Waals surface area contributed by atoms with Crippen LogP contribution in [-0.2, 0) is 22.4 Å². The van der Waals surface area contributed by atoms with Crippen molar-refractivity contribution in [1.82, 2.24) is 0 Å². The Kier molecular flexibility index (Phi) is 6.47. The number of nitrogens with zero attached hydrogens (tertiary/aromatic N) is 1. The summed E-state index contributed by atoms with van der Waals surface area (Å²) in [4.78, 5) is 29.6. The van der Waals surface area contributed by atoms with Gasteiger partial charge in [0.05, 0.1) is 5.69 Å². The fourth-order valence-electron chi connectivity index (χ4n) is 3.64. The molecule has 5 heteroatoms. The van der Waals surface area contributed by atoms with Crippen molar-refractivity contribution < 1.29 is 9.59 Å². The number of hydrogen-bond donors (Lipinski definition) is 1. The van der Waals surface area contributed by atoms with Gasteiger partial charge in [-0.2, -0.15) is 0 Å². The van der Waals surface area contributed by atoms with Crippen LogP contribution in [0.3, 0.4) is 0 Å². The molecule has 32 heavy (non-hydrogen) atoms. The van der Waals surface area contributed by atoms with E-state index in [0.717, 1.165) is 40.1 Å². The second-order valence-corrected chi connectivity index (χ2v) is 8.80. The van der Waals surface area contributed by atoms with Crippen molar-refractivity contribution in [1.29, 1.82) is 0 Å². The Morgan fingerprint density at radius 1 is 0.812 bits per heavy atom. The fraction of sp³-hybridized carbons (Fsp3) is 0.185. The number of imide groups is 1. The van der Waals surface area contributed by atoms with Crippen LogP contribution >= 0.6 is 11.8 Å². The van der Waals surface area contributed by atoms with E-state index in [-0.39, 0.29) is 11.8 Å². The third-order valence-corrected chi connectivity index (χ3v) is 6.63. The number of hydrogen-bond acceptors (Lipinski definition) is 4. The van der Waals surface area contributed by atoms with Crippen LogP contribution < -0.4 is 10.2 Å². The average molecular weight is 443 g/mol. The third kappa shape index (κ3) is 4.34. The monoisotopic (exact) mass is 442 g/mol. The average Bonchev–Trinajstić information content (AvgIpc) is 3.05. The molecule has 0 fully saturated rings. The number of para-hydroxylation sites is 1. The molecule has 0 saturated heterocycles. The molecule has 2 amide bonds. The van der Waals surface area contributed by atoms with E-state index in [1.165, 1.54) is 16.7 Å². The maximum absolute atomic E-state index is 13.5. The molecule has 0 aliphatic carbocycles. The van der Waals surface area contributed by atoms with Crippen LogP contribution in [0.5, 0.6) is 0 Å². The zero-order valence-corrected chi connectivity index (χ0v) is 19.3. The highest BCUT2D eigenvalue weighted by atomic mass is 32.2. The van der Waals surface area contributed by atoms with Gasteiger partial charge in [0.1, 0.15) is 10.6 Å². The van der Waals surface area contributed by atoms with E-state index in [1.54, 1.807) is 0 Å². The number of anilines is 2. The maximum Gasteiger partial charge on any atom is 0.283 e. The maximum atomic E-state index is 13.5. The molecule has 1 aliphatic heterocycles. The van der Waals surface area contributed by atoms with Crippen LogP contribution in [0.1, 0.15) is 30.5 Å². The first-order valence-electron chi connectivity index (χ1n) is 10.8. The van der Waals surface area contributed by atoms with Gasteiger partial charge in [-0.1, -0.05) is 73.6 Å². The molecule has 1 N–H and O–H groups in total. The van der Waals surface area contributed by atoms with Crippen LogP contribution in [0.2, 0.25) is 0 Å². The summed E-state index contributed by atoms with van der Waals surface area (Å²) in [7, 11) is 0. The molecule has 0 radical (unpaired) electrons. The summed E-state index contributed by atoms with van der Waals surface area (Å²) in [6, 6.07) is 23.4. The lowest BCUT2D eigenvalue weighted by atomic mass is 10.1. The van der Waals surface area contributed by atoms with Crippen molar-refractivity contribution in [3.63, 3.8) is 0 Å². The first kappa shape index (κ1) is 21.9. The lowest BCUT2D eigenvalue weighted by molar-refractivity contribution is -0.120. The van der Waals surface area contributed by atoms with Crippen LogP contribution in [0.15, 0.2) is 88.3 Å². The van der Waals surface area contributed by atoms with Crippen molar-refractivity contribution in [3.8, 4) is 0 Å². The molecule has 0 unspecified atom stereocenters. The lowest BCUT2D eigenvalue weighted by Gasteiger charge is -2.16. The zero-order chi connectivity index (χ0) is 22.7. The summed E-state index contributed by atoms with van der Waals surface area (Å²) in [5, 5.41) is 3.29. The van der Waals surface area contributed by atoms with Gasteiger partial charge in [0.2, 0.25) is 0 Å². The summed E-state index contributed by atoms with van der Waals surface area (Å²) in [5.74, 6) is -0.638. The van der Waals surface area contributed by atoms with Crippen LogP contribution in [0.4, 0.5) is 11.4 Å². The van der Waals surface area contributed by atoms with E-state index in [2.05, 4.69) is 19.2 Å². The molecule has 3 aromatic rings. The molecule has 0 atom stereocenters. The van der Waals surface area contributed by atoms with Gasteiger partial charge in [0, 0.05) is 10.6 Å². The van der Waals surface area contributed by atoms with Crippen molar-refractivity contribution in [2.45, 2.75) is 38.5 Å². The number of rotatable bonds is 7. The summed E-state index contributed by atoms with van der Waals surface area (Å²) in [6.45, 7) is 6.17. The number of carbonyl (C=O) groups is 2. The Morgan fingerprint density at radius 2 is 1.50 bits per heavy atom. The number of thioether (sulfide) groups is 1. The molecular formula is C27H26N2O2S. The molecule has 0 bridgehead atoms. The smallest absolute Gasteiger partial charge is 0.283 e. The summed E-state index contributed by atoms with van der Waals surface area (Å²) < 4.78 is 0. The van der Waals surface area contributed by atoms with Gasteiger partial charge in [-0.15, -0.1) is 0 Å². The Bertz CT molecular complexity index is 1180. The van der Waals surface area contributed by atoms with Gasteiger partial charge in [-0.25, -0.2) is 4.90 Å². The van der Waals surface area contributed by atoms with E-state index >= 15 is 0 Å². The fourth-order valence-corrected chi connectivity index (χ4v) is 4.57. The molecule has 0 saturated carbocycles. The molecular weight excluding hydrogens is 416 g/mol. The Balaban J connectivity index is 1.74. The standard InChI is InChI=1S/C27H26N2O2S/c1-4-19-12-14-21(15-13-19)29-26(30)24(28-23-9-7-6-8-20(23)5-2)25(27(29)31)32-22-16-10-18(3)11-17-22/h6-17,28H,4-5H2,1-3H3. The van der Waals surface area contributed by atoms with E-state index in [1.807, 2.05) is 79.7 Å². The second-order valence-electron chi connectivity index (χ2n) is 7.72. The lowest BCUT2D eigenvalue weighted by Crippen LogP contribution is -2.32. The highest BCUT2D eigenvalue weighted by Crippen LogP contribution is 2.38. The summed E-state index contributed by atoms with van der Waals surface area (Å²) in [5.41, 5.74) is 5.14. The van der Waals surface area contributed by atoms with Gasteiger partial charge in [-0.3, -0.25) is 9.59 Å². The van der Waals surface area contributed by atoms with Crippen molar-refractivity contribution in [2.75, 3.05) is 10.2 Å². The number of benzene rings is 3. The second kappa shape index (κ2) is 9.45. The van der Waals surface area contributed by atoms with Gasteiger partial charge in [0.15, 0.2) is 0 Å². The molecule has 0 aromatic heterocycles. The SMILES string of the molecule is CCc1ccc(N2C(=O)C(Nc3ccccc3CC)=C(Sc3ccc(C)cc3)C2=O)cc1. The normalized spacial score (nSPS) is 13.8. The van der Waals surface area contributed by atoms with Crippen LogP contribution in [0, 0.1) is 6.92 Å². The minimum atomic E-state index is -0.334. The molecule has 3 aromatic carbocycles. The van der Waals surface area contributed by atoms with E-state index in [9.17, 15) is 9.59 Å². The number of amides is 2. The van der Waals surface area contributed by atoms with Crippen molar-refractivity contribution in [3.05, 3.63) is 100 Å². The molecule has 1 aliphatic rings. The number of carbonyl (C=O) groups excluding carboxylic acids is 2. The topological polar surface area (TPSA) is 49.4 Å². The number of aryl methyl sites for hydroxylation is 3. The first-order chi connectivity index (χ1) is 15.5. The van der Waals surface area contributed by atoms with Crippen molar-refractivity contribution in [2.24, 2.45) is 0 Å². The molecule has 1 heterocycles. The molecule has 162 valence electrons. The van der Waals surface area contributed by atoms with Gasteiger partial charge >= 0.3 is 0 Å². The summed E-state index contributed by atoms with van der Waals surface area (Å²) in [6.07, 6.45) is 1.72. The third-order valence-electron chi connectivity index (χ3n) is 5.54. The molecule has 4 nitrogen and oxygen atoms in total. The first-order valence-corrected chi connectivity index (χ1v) is 11.6. The van der Waals surface area contributed by atoms with Gasteiger partial charge in [-0.05, 0) is 61.2 Å². The molecule has 0 spiro atoms. The number of nitrogens with one attached hydrogen (secondary N) is 1. The minimum absolute atomic E-state index is 0.304. The van der Waals surface area contributed by atoms with Gasteiger partial charge in [0.25, 0.3) is 11.8 Å². The molecule has 4 rings (SSSR count). The quantitative estimate of drug-likeness (QED) is 0.449. The largest absolute Gasteiger partial charge is 0.350 e. The van der Waals surface area contributed by atoms with Gasteiger partial charge < -0.3 is 5.32 Å². The van der Waals surface area contributed by atoms with Crippen LogP contribution in [-0.4, -0.2) is 11.8 Å². The Morgan fingerprint density at radius 3 is 2.16 bits per heavy atom. The minimum Gasteiger partial charge on any atom is -0.350 e. The van der Waals surface area contributed by atoms with Crippen LogP contribution in [0.25, 0.3) is 0 Å². The summed E-state index contributed by atoms with van der Waals surface area (Å²) >= 11 is 1.32. The predicted octanol–water partition coefficient (Wildman–Crippen LogP) is 6.11. The highest BCUT2D eigenvalue weighted by Gasteiger charge is 2.40. The van der Waals surface area contributed by atoms with E-state index in [4.69, 9.17) is 0 Å². The zero-order valence-electron chi connectivity index (χ0n) is 18.5.